The Labute approximate surface area is 145 Å². The number of amides is 1. The normalized spacial score (nSPS) is 13.3. The van der Waals surface area contributed by atoms with Crippen molar-refractivity contribution in [3.8, 4) is 5.69 Å². The second kappa shape index (κ2) is 7.05. The number of nitrogens with one attached hydrogen (secondary N) is 1. The van der Waals surface area contributed by atoms with Gasteiger partial charge in [0.2, 0.25) is 0 Å². The minimum atomic E-state index is -1.30. The van der Waals surface area contributed by atoms with Crippen LogP contribution in [0.1, 0.15) is 42.7 Å². The van der Waals surface area contributed by atoms with E-state index in [4.69, 9.17) is 11.6 Å². The Morgan fingerprint density at radius 3 is 2.50 bits per heavy atom. The minimum absolute atomic E-state index is 0.341. The third-order valence-electron chi connectivity index (χ3n) is 3.94. The number of carbonyl (C=O) groups excluding carboxylic acids is 1. The van der Waals surface area contributed by atoms with Crippen molar-refractivity contribution in [2.75, 3.05) is 0 Å². The summed E-state index contributed by atoms with van der Waals surface area (Å²) in [4.78, 5) is 24.0. The van der Waals surface area contributed by atoms with Crippen LogP contribution in [0.3, 0.4) is 0 Å². The molecule has 1 unspecified atom stereocenters. The summed E-state index contributed by atoms with van der Waals surface area (Å²) >= 11 is 5.88. The molecule has 0 aliphatic heterocycles. The van der Waals surface area contributed by atoms with Crippen LogP contribution >= 0.6 is 11.6 Å². The lowest BCUT2D eigenvalue weighted by Crippen LogP contribution is -2.52. The summed E-state index contributed by atoms with van der Waals surface area (Å²) in [5, 5.41) is 16.8. The average molecular weight is 350 g/mol. The quantitative estimate of drug-likeness (QED) is 0.838. The van der Waals surface area contributed by atoms with Crippen molar-refractivity contribution in [1.82, 2.24) is 15.1 Å². The number of aromatic nitrogens is 2. The smallest absolute Gasteiger partial charge is 0.329 e. The van der Waals surface area contributed by atoms with Crippen molar-refractivity contribution < 1.29 is 14.7 Å². The Kier molecular flexibility index (Phi) is 5.29. The number of rotatable bonds is 6. The molecule has 7 heteroatoms. The molecule has 2 N–H and O–H groups in total. The topological polar surface area (TPSA) is 84.2 Å². The number of carbonyl (C=O) groups is 2. The predicted molar refractivity (Wildman–Crippen MR) is 91.7 cm³/mol. The second-order valence-corrected chi connectivity index (χ2v) is 6.31. The van der Waals surface area contributed by atoms with Crippen LogP contribution < -0.4 is 5.32 Å². The maximum atomic E-state index is 12.5. The summed E-state index contributed by atoms with van der Waals surface area (Å²) in [6, 6.07) is 7.06. The van der Waals surface area contributed by atoms with E-state index in [1.165, 1.54) is 13.1 Å². The van der Waals surface area contributed by atoms with E-state index in [-0.39, 0.29) is 0 Å². The van der Waals surface area contributed by atoms with Crippen LogP contribution in [0.5, 0.6) is 0 Å². The van der Waals surface area contributed by atoms with Gasteiger partial charge >= 0.3 is 5.97 Å². The van der Waals surface area contributed by atoms with Gasteiger partial charge in [0.05, 0.1) is 23.1 Å². The van der Waals surface area contributed by atoms with Crippen LogP contribution in [-0.2, 0) is 4.79 Å². The standard InChI is InChI=1S/C17H20ClN3O3/c1-4-9-17(3,16(23)24)20-15(22)14-10-19-21(11(14)2)13-7-5-12(18)6-8-13/h5-8,10H,4,9H2,1-3H3,(H,20,22)(H,23,24). The molecule has 0 bridgehead atoms. The first kappa shape index (κ1) is 18.0. The van der Waals surface area contributed by atoms with Gasteiger partial charge in [-0.05, 0) is 44.5 Å². The van der Waals surface area contributed by atoms with E-state index in [1.54, 1.807) is 35.9 Å². The van der Waals surface area contributed by atoms with Crippen LogP contribution in [0, 0.1) is 6.92 Å². The van der Waals surface area contributed by atoms with Crippen LogP contribution in [0.4, 0.5) is 0 Å². The number of aliphatic carboxylic acids is 1. The van der Waals surface area contributed by atoms with Crippen LogP contribution in [0.15, 0.2) is 30.5 Å². The van der Waals surface area contributed by atoms with Crippen molar-refractivity contribution in [3.05, 3.63) is 46.7 Å². The SMILES string of the molecule is CCCC(C)(NC(=O)c1cnn(-c2ccc(Cl)cc2)c1C)C(=O)O. The number of carboxylic acids is 1. The van der Waals surface area contributed by atoms with Gasteiger partial charge in [-0.1, -0.05) is 24.9 Å². The number of halogens is 1. The molecule has 0 saturated heterocycles. The molecule has 0 saturated carbocycles. The van der Waals surface area contributed by atoms with Crippen molar-refractivity contribution in [2.24, 2.45) is 0 Å². The summed E-state index contributed by atoms with van der Waals surface area (Å²) < 4.78 is 1.61. The molecule has 1 heterocycles. The van der Waals surface area contributed by atoms with E-state index in [1.807, 2.05) is 6.92 Å². The van der Waals surface area contributed by atoms with Gasteiger partial charge in [0, 0.05) is 5.02 Å². The Balaban J connectivity index is 2.28. The molecule has 6 nitrogen and oxygen atoms in total. The van der Waals surface area contributed by atoms with Crippen molar-refractivity contribution in [3.63, 3.8) is 0 Å². The Morgan fingerprint density at radius 1 is 1.33 bits per heavy atom. The highest BCUT2D eigenvalue weighted by Crippen LogP contribution is 2.19. The van der Waals surface area contributed by atoms with E-state index in [0.717, 1.165) is 5.69 Å². The summed E-state index contributed by atoms with van der Waals surface area (Å²) in [5.74, 6) is -1.51. The molecule has 1 aromatic heterocycles. The molecule has 2 aromatic rings. The Morgan fingerprint density at radius 2 is 1.96 bits per heavy atom. The fourth-order valence-corrected chi connectivity index (χ4v) is 2.64. The Bertz CT molecular complexity index is 755. The first-order chi connectivity index (χ1) is 11.3. The summed E-state index contributed by atoms with van der Waals surface area (Å²) in [5.41, 5.74) is 0.429. The minimum Gasteiger partial charge on any atom is -0.480 e. The van der Waals surface area contributed by atoms with E-state index in [2.05, 4.69) is 10.4 Å². The highest BCUT2D eigenvalue weighted by atomic mass is 35.5. The number of hydrogen-bond donors (Lipinski definition) is 2. The van der Waals surface area contributed by atoms with Gasteiger partial charge in [0.25, 0.3) is 5.91 Å². The number of hydrogen-bond acceptors (Lipinski definition) is 3. The van der Waals surface area contributed by atoms with Crippen LogP contribution in [0.25, 0.3) is 5.69 Å². The average Bonchev–Trinajstić information content (AvgIpc) is 2.90. The predicted octanol–water partition coefficient (Wildman–Crippen LogP) is 3.21. The van der Waals surface area contributed by atoms with E-state index < -0.39 is 17.4 Å². The number of nitrogens with zero attached hydrogens (tertiary/aromatic N) is 2. The van der Waals surface area contributed by atoms with E-state index in [9.17, 15) is 14.7 Å². The summed E-state index contributed by atoms with van der Waals surface area (Å²) in [7, 11) is 0. The van der Waals surface area contributed by atoms with Gasteiger partial charge in [0.1, 0.15) is 5.54 Å². The zero-order chi connectivity index (χ0) is 17.9. The maximum Gasteiger partial charge on any atom is 0.329 e. The van der Waals surface area contributed by atoms with Gasteiger partial charge in [-0.3, -0.25) is 4.79 Å². The second-order valence-electron chi connectivity index (χ2n) is 5.87. The molecular weight excluding hydrogens is 330 g/mol. The van der Waals surface area contributed by atoms with E-state index >= 15 is 0 Å². The number of benzene rings is 1. The highest BCUT2D eigenvalue weighted by Gasteiger charge is 2.34. The highest BCUT2D eigenvalue weighted by molar-refractivity contribution is 6.30. The molecule has 0 fully saturated rings. The van der Waals surface area contributed by atoms with E-state index in [0.29, 0.717) is 29.1 Å². The largest absolute Gasteiger partial charge is 0.480 e. The van der Waals surface area contributed by atoms with Gasteiger partial charge in [0.15, 0.2) is 0 Å². The zero-order valence-electron chi connectivity index (χ0n) is 13.8. The Hall–Kier alpha value is -2.34. The lowest BCUT2D eigenvalue weighted by molar-refractivity contribution is -0.144. The van der Waals surface area contributed by atoms with Crippen molar-refractivity contribution in [1.29, 1.82) is 0 Å². The summed E-state index contributed by atoms with van der Waals surface area (Å²) in [6.07, 6.45) is 2.43. The molecule has 1 atom stereocenters. The third kappa shape index (κ3) is 3.59. The molecule has 0 aliphatic carbocycles. The molecule has 0 aliphatic rings. The molecule has 1 amide bonds. The monoisotopic (exact) mass is 349 g/mol. The molecule has 128 valence electrons. The lowest BCUT2D eigenvalue weighted by Gasteiger charge is -2.25. The molecule has 0 spiro atoms. The van der Waals surface area contributed by atoms with Crippen molar-refractivity contribution >= 4 is 23.5 Å². The molecule has 1 aromatic carbocycles. The maximum absolute atomic E-state index is 12.5. The fraction of sp³-hybridized carbons (Fsp3) is 0.353. The zero-order valence-corrected chi connectivity index (χ0v) is 14.6. The molecule has 0 radical (unpaired) electrons. The van der Waals surface area contributed by atoms with Gasteiger partial charge < -0.3 is 10.4 Å². The molecule has 24 heavy (non-hydrogen) atoms. The van der Waals surface area contributed by atoms with Crippen LogP contribution in [0.2, 0.25) is 5.02 Å². The van der Waals surface area contributed by atoms with Crippen LogP contribution in [-0.4, -0.2) is 32.3 Å². The third-order valence-corrected chi connectivity index (χ3v) is 4.19. The number of carboxylic acid groups (broad SMARTS) is 1. The first-order valence-electron chi connectivity index (χ1n) is 7.65. The fourth-order valence-electron chi connectivity index (χ4n) is 2.52. The van der Waals surface area contributed by atoms with Crippen molar-refractivity contribution in [2.45, 2.75) is 39.2 Å². The lowest BCUT2D eigenvalue weighted by atomic mass is 9.96. The van der Waals surface area contributed by atoms with Gasteiger partial charge in [-0.2, -0.15) is 5.10 Å². The van der Waals surface area contributed by atoms with Gasteiger partial charge in [-0.15, -0.1) is 0 Å². The molecular formula is C17H20ClN3O3. The summed E-state index contributed by atoms with van der Waals surface area (Å²) in [6.45, 7) is 5.14. The first-order valence-corrected chi connectivity index (χ1v) is 8.02. The molecule has 2 rings (SSSR count). The van der Waals surface area contributed by atoms with Gasteiger partial charge in [-0.25, -0.2) is 9.48 Å².